The molecule has 0 spiro atoms. The molecular formula is C33H54N6O20. The van der Waals surface area contributed by atoms with Crippen LogP contribution >= 0.6 is 0 Å². The molecule has 0 aliphatic carbocycles. The molecule has 5 amide bonds. The van der Waals surface area contributed by atoms with Crippen molar-refractivity contribution in [3.8, 4) is 0 Å². The van der Waals surface area contributed by atoms with E-state index in [1.165, 1.54) is 0 Å². The van der Waals surface area contributed by atoms with E-state index in [1.807, 2.05) is 0 Å². The Balaban J connectivity index is 2.09. The molecule has 0 saturated carbocycles. The van der Waals surface area contributed by atoms with Crippen molar-refractivity contribution in [2.45, 2.75) is 152 Å². The SMILES string of the molecule is CC(=O)N[C@H]1[C@@H](O[C@H]2OC(O)[C@H](NC(C)=O)[C@@H](OC(C)C(=O)N[C@@H](C)C(=O)N[C@H](CCC(=O)N[C@@H](CCCC(N)C(=O)O)C(=O)O)C(=O)O)[C@@H]2O)O[C@H](CO)[C@@H](O)[C@@H]1O. The summed E-state index contributed by atoms with van der Waals surface area (Å²) in [4.78, 5) is 96.7. The molecule has 3 unspecified atom stereocenters. The van der Waals surface area contributed by atoms with E-state index in [4.69, 9.17) is 29.8 Å². The fourth-order valence-corrected chi connectivity index (χ4v) is 5.93. The predicted octanol–water partition coefficient (Wildman–Crippen LogP) is -6.73. The maximum absolute atomic E-state index is 13.2. The number of carbonyl (C=O) groups excluding carboxylic acids is 5. The van der Waals surface area contributed by atoms with Crippen LogP contribution in [0.4, 0.5) is 0 Å². The van der Waals surface area contributed by atoms with Crippen molar-refractivity contribution in [3.63, 3.8) is 0 Å². The molecule has 336 valence electrons. The Morgan fingerprint density at radius 1 is 0.695 bits per heavy atom. The fourth-order valence-electron chi connectivity index (χ4n) is 5.93. The lowest BCUT2D eigenvalue weighted by Gasteiger charge is -2.47. The molecule has 0 aromatic heterocycles. The van der Waals surface area contributed by atoms with E-state index in [9.17, 15) is 74.1 Å². The first kappa shape index (κ1) is 50.5. The molecule has 0 bridgehead atoms. The summed E-state index contributed by atoms with van der Waals surface area (Å²) in [6, 6.07) is -8.89. The van der Waals surface area contributed by atoms with Crippen molar-refractivity contribution in [2.24, 2.45) is 5.73 Å². The molecule has 26 heteroatoms. The molecule has 2 aliphatic rings. The predicted molar refractivity (Wildman–Crippen MR) is 191 cm³/mol. The number of nitrogens with two attached hydrogens (primary N) is 1. The van der Waals surface area contributed by atoms with Crippen LogP contribution in [-0.2, 0) is 57.3 Å². The maximum Gasteiger partial charge on any atom is 0.326 e. The number of carboxylic acid groups (broad SMARTS) is 3. The van der Waals surface area contributed by atoms with Crippen molar-refractivity contribution < 1.29 is 98.2 Å². The van der Waals surface area contributed by atoms with E-state index in [0.717, 1.165) is 27.7 Å². The third-order valence-electron chi connectivity index (χ3n) is 9.15. The first-order valence-electron chi connectivity index (χ1n) is 18.3. The Kier molecular flexibility index (Phi) is 19.9. The van der Waals surface area contributed by atoms with E-state index in [2.05, 4.69) is 26.6 Å². The number of rotatable bonds is 22. The molecule has 26 nitrogen and oxygen atoms in total. The number of amides is 5. The van der Waals surface area contributed by atoms with Gasteiger partial charge >= 0.3 is 17.9 Å². The van der Waals surface area contributed by atoms with E-state index in [-0.39, 0.29) is 19.3 Å². The van der Waals surface area contributed by atoms with Crippen molar-refractivity contribution in [3.05, 3.63) is 0 Å². The molecular weight excluding hydrogens is 800 g/mol. The van der Waals surface area contributed by atoms with E-state index in [1.54, 1.807) is 0 Å². The summed E-state index contributed by atoms with van der Waals surface area (Å²) in [5.41, 5.74) is 5.39. The second-order valence-corrected chi connectivity index (χ2v) is 13.9. The van der Waals surface area contributed by atoms with Gasteiger partial charge in [-0.15, -0.1) is 0 Å². The maximum atomic E-state index is 13.2. The summed E-state index contributed by atoms with van der Waals surface area (Å²) in [6.07, 6.45) is -17.2. The van der Waals surface area contributed by atoms with Crippen molar-refractivity contribution >= 4 is 47.4 Å². The zero-order chi connectivity index (χ0) is 44.9. The first-order chi connectivity index (χ1) is 27.5. The van der Waals surface area contributed by atoms with Gasteiger partial charge in [-0.1, -0.05) is 0 Å². The van der Waals surface area contributed by atoms with Gasteiger partial charge in [0.1, 0.15) is 72.9 Å². The lowest BCUT2D eigenvalue weighted by atomic mass is 9.96. The highest BCUT2D eigenvalue weighted by Gasteiger charge is 2.52. The molecule has 2 rings (SSSR count). The lowest BCUT2D eigenvalue weighted by molar-refractivity contribution is -0.375. The average Bonchev–Trinajstić information content (AvgIpc) is 3.14. The second-order valence-electron chi connectivity index (χ2n) is 13.9. The molecule has 0 radical (unpaired) electrons. The van der Waals surface area contributed by atoms with Gasteiger partial charge in [0.25, 0.3) is 0 Å². The van der Waals surface area contributed by atoms with Crippen LogP contribution in [0.3, 0.4) is 0 Å². The molecule has 2 fully saturated rings. The van der Waals surface area contributed by atoms with Crippen LogP contribution in [0.1, 0.15) is 59.8 Å². The number of aliphatic hydroxyl groups is 5. The minimum absolute atomic E-state index is 0.0379. The number of hydrogen-bond acceptors (Lipinski definition) is 18. The van der Waals surface area contributed by atoms with Gasteiger partial charge in [0.15, 0.2) is 18.9 Å². The van der Waals surface area contributed by atoms with Gasteiger partial charge in [-0.3, -0.25) is 28.8 Å². The Morgan fingerprint density at radius 3 is 1.81 bits per heavy atom. The molecule has 59 heavy (non-hydrogen) atoms. The molecule has 0 aromatic carbocycles. The van der Waals surface area contributed by atoms with E-state index >= 15 is 0 Å². The van der Waals surface area contributed by atoms with Gasteiger partial charge in [0, 0.05) is 20.3 Å². The van der Waals surface area contributed by atoms with Gasteiger partial charge < -0.3 is 92.1 Å². The molecule has 2 saturated heterocycles. The normalized spacial score (nSPS) is 29.3. The Hall–Kier alpha value is -4.64. The van der Waals surface area contributed by atoms with Gasteiger partial charge in [-0.05, 0) is 39.5 Å². The van der Waals surface area contributed by atoms with Crippen molar-refractivity contribution in [2.75, 3.05) is 6.61 Å². The van der Waals surface area contributed by atoms with Crippen LogP contribution in [0.25, 0.3) is 0 Å². The van der Waals surface area contributed by atoms with Gasteiger partial charge in [-0.25, -0.2) is 9.59 Å². The number of carbonyl (C=O) groups is 8. The number of hydrogen-bond donors (Lipinski definition) is 14. The third-order valence-corrected chi connectivity index (χ3v) is 9.15. The van der Waals surface area contributed by atoms with Crippen LogP contribution in [0, 0.1) is 0 Å². The molecule has 0 aromatic rings. The number of carboxylic acids is 3. The summed E-state index contributed by atoms with van der Waals surface area (Å²) < 4.78 is 22.2. The highest BCUT2D eigenvalue weighted by Crippen LogP contribution is 2.29. The smallest absolute Gasteiger partial charge is 0.326 e. The summed E-state index contributed by atoms with van der Waals surface area (Å²) in [6.45, 7) is 3.63. The topological polar surface area (TPSA) is 421 Å². The minimum atomic E-state index is -2.00. The lowest BCUT2D eigenvalue weighted by Crippen LogP contribution is -2.68. The highest BCUT2D eigenvalue weighted by molar-refractivity contribution is 5.91. The second kappa shape index (κ2) is 23.2. The Morgan fingerprint density at radius 2 is 1.27 bits per heavy atom. The van der Waals surface area contributed by atoms with Crippen LogP contribution in [0.5, 0.6) is 0 Å². The van der Waals surface area contributed by atoms with Crippen LogP contribution < -0.4 is 32.3 Å². The molecule has 15 atom stereocenters. The van der Waals surface area contributed by atoms with Crippen molar-refractivity contribution in [1.29, 1.82) is 0 Å². The third kappa shape index (κ3) is 15.2. The Bertz CT molecular complexity index is 1510. The fraction of sp³-hybridized carbons (Fsp3) is 0.758. The number of aliphatic hydroxyl groups excluding tert-OH is 5. The van der Waals surface area contributed by atoms with Crippen molar-refractivity contribution in [1.82, 2.24) is 26.6 Å². The summed E-state index contributed by atoms with van der Waals surface area (Å²) >= 11 is 0. The van der Waals surface area contributed by atoms with Crippen LogP contribution in [0.15, 0.2) is 0 Å². The zero-order valence-corrected chi connectivity index (χ0v) is 32.5. The molecule has 2 heterocycles. The number of aliphatic carboxylic acids is 3. The van der Waals surface area contributed by atoms with Gasteiger partial charge in [-0.2, -0.15) is 0 Å². The zero-order valence-electron chi connectivity index (χ0n) is 32.5. The first-order valence-corrected chi connectivity index (χ1v) is 18.3. The standard InChI is InChI=1S/C33H54N6O20/c1-11(26(47)39-17(30(53)54)8-9-19(43)38-16(29(51)52)7-5-6-15(34)28(49)50)35-27(48)12(2)56-25-21(37-14(4)42)31(55)58-33(24(25)46)59-32-20(36-13(3)41)23(45)22(44)18(10-40)57-32/h11-12,15-18,20-25,31-33,40,44-46,55H,5-10,34H2,1-4H3,(H,35,48)(H,36,41)(H,37,42)(H,38,43)(H,39,47)(H,49,50)(H,51,52)(H,53,54)/t11-,12?,15?,16-,17+,18+,20+,21+,22+,23+,24-,25+,31?,32+,33+/m0/s1. The number of nitrogens with one attached hydrogen (secondary N) is 5. The summed E-state index contributed by atoms with van der Waals surface area (Å²) in [5, 5.41) is 91.7. The van der Waals surface area contributed by atoms with E-state index in [0.29, 0.717) is 0 Å². The van der Waals surface area contributed by atoms with Gasteiger partial charge in [0.05, 0.1) is 6.61 Å². The molecule has 15 N–H and O–H groups in total. The van der Waals surface area contributed by atoms with E-state index < -0.39 is 159 Å². The summed E-state index contributed by atoms with van der Waals surface area (Å²) in [5.74, 6) is -8.70. The number of ether oxygens (including phenoxy) is 4. The highest BCUT2D eigenvalue weighted by atomic mass is 16.8. The average molecular weight is 855 g/mol. The largest absolute Gasteiger partial charge is 0.480 e. The monoisotopic (exact) mass is 854 g/mol. The minimum Gasteiger partial charge on any atom is -0.480 e. The quantitative estimate of drug-likeness (QED) is 0.0481. The van der Waals surface area contributed by atoms with Gasteiger partial charge in [0.2, 0.25) is 29.5 Å². The summed E-state index contributed by atoms with van der Waals surface area (Å²) in [7, 11) is 0. The van der Waals surface area contributed by atoms with Crippen LogP contribution in [0.2, 0.25) is 0 Å². The molecule has 2 aliphatic heterocycles. The van der Waals surface area contributed by atoms with Crippen LogP contribution in [-0.4, -0.2) is 187 Å². The Labute approximate surface area is 336 Å².